The van der Waals surface area contributed by atoms with Crippen LogP contribution in [0.15, 0.2) is 28.7 Å². The summed E-state index contributed by atoms with van der Waals surface area (Å²) in [6, 6.07) is 5.75. The number of benzene rings is 2. The predicted molar refractivity (Wildman–Crippen MR) is 95.1 cm³/mol. The largest absolute Gasteiger partial charge is 0.496 e. The van der Waals surface area contributed by atoms with Crippen molar-refractivity contribution in [3.05, 3.63) is 51.0 Å². The second kappa shape index (κ2) is 6.92. The number of ether oxygens (including phenoxy) is 1. The first-order chi connectivity index (χ1) is 12.3. The molecule has 3 N–H and O–H groups in total. The van der Waals surface area contributed by atoms with E-state index < -0.39 is 17.6 Å². The molecule has 0 atom stereocenters. The number of halogens is 4. The van der Waals surface area contributed by atoms with Gasteiger partial charge in [-0.1, -0.05) is 12.1 Å². The zero-order chi connectivity index (χ0) is 19.1. The molecule has 3 rings (SSSR count). The number of carbonyl (C=O) groups is 1. The van der Waals surface area contributed by atoms with Crippen molar-refractivity contribution in [2.75, 3.05) is 13.7 Å². The lowest BCUT2D eigenvalue weighted by Gasteiger charge is -2.24. The Kier molecular flexibility index (Phi) is 4.98. The number of rotatable bonds is 3. The van der Waals surface area contributed by atoms with Crippen LogP contribution in [0.5, 0.6) is 5.75 Å². The van der Waals surface area contributed by atoms with Crippen LogP contribution in [0, 0.1) is 0 Å². The summed E-state index contributed by atoms with van der Waals surface area (Å²) < 4.78 is 46.9. The molecule has 0 bridgehead atoms. The van der Waals surface area contributed by atoms with Crippen LogP contribution in [0.4, 0.5) is 13.2 Å². The van der Waals surface area contributed by atoms with Gasteiger partial charge in [-0.25, -0.2) is 0 Å². The Morgan fingerprint density at radius 1 is 1.27 bits per heavy atom. The Labute approximate surface area is 156 Å². The summed E-state index contributed by atoms with van der Waals surface area (Å²) in [5.74, 6) is -1.30. The van der Waals surface area contributed by atoms with E-state index in [9.17, 15) is 18.0 Å². The summed E-state index contributed by atoms with van der Waals surface area (Å²) in [5.41, 5.74) is 6.06. The molecule has 0 spiro atoms. The van der Waals surface area contributed by atoms with Gasteiger partial charge in [0.1, 0.15) is 11.3 Å². The van der Waals surface area contributed by atoms with Gasteiger partial charge in [-0.3, -0.25) is 4.79 Å². The minimum absolute atomic E-state index is 0.206. The van der Waals surface area contributed by atoms with Crippen molar-refractivity contribution in [1.29, 1.82) is 0 Å². The number of nitrogens with one attached hydrogen (secondary N) is 1. The van der Waals surface area contributed by atoms with Gasteiger partial charge in [0.05, 0.1) is 7.11 Å². The number of amides is 1. The quantitative estimate of drug-likeness (QED) is 0.779. The molecule has 26 heavy (non-hydrogen) atoms. The van der Waals surface area contributed by atoms with Gasteiger partial charge in [0.2, 0.25) is 5.91 Å². The minimum atomic E-state index is -4.72. The molecular formula is C18H16BrF3N2O2. The van der Waals surface area contributed by atoms with E-state index in [1.165, 1.54) is 6.07 Å². The molecule has 0 aromatic heterocycles. The molecule has 138 valence electrons. The second-order valence-electron chi connectivity index (χ2n) is 5.92. The standard InChI is InChI=1S/C18H16BrF3N2O2/c1-26-13-5-4-11(17(23)25)14(15(13)18(20,21)22)10-3-2-9-6-7-24-8-12(9)16(10)19/h2-5,24H,6-8H2,1H3,(H2,23,25). The molecule has 2 aromatic rings. The number of fused-ring (bicyclic) bond motifs is 1. The highest BCUT2D eigenvalue weighted by atomic mass is 79.9. The fraction of sp³-hybridized carbons (Fsp3) is 0.278. The predicted octanol–water partition coefficient (Wildman–Crippen LogP) is 3.89. The molecule has 0 unspecified atom stereocenters. The molecule has 1 heterocycles. The van der Waals surface area contributed by atoms with Gasteiger partial charge in [-0.05, 0) is 57.7 Å². The van der Waals surface area contributed by atoms with E-state index >= 15 is 0 Å². The number of methoxy groups -OCH3 is 1. The van der Waals surface area contributed by atoms with E-state index in [-0.39, 0.29) is 22.4 Å². The van der Waals surface area contributed by atoms with Crippen LogP contribution in [0.2, 0.25) is 0 Å². The fourth-order valence-electron chi connectivity index (χ4n) is 3.24. The first-order valence-corrected chi connectivity index (χ1v) is 8.64. The fourth-order valence-corrected chi connectivity index (χ4v) is 3.96. The lowest BCUT2D eigenvalue weighted by molar-refractivity contribution is -0.138. The summed E-state index contributed by atoms with van der Waals surface area (Å²) >= 11 is 3.43. The maximum Gasteiger partial charge on any atom is 0.420 e. The lowest BCUT2D eigenvalue weighted by atomic mass is 9.89. The van der Waals surface area contributed by atoms with Gasteiger partial charge < -0.3 is 15.8 Å². The Morgan fingerprint density at radius 2 is 2.00 bits per heavy atom. The van der Waals surface area contributed by atoms with Gasteiger partial charge in [0, 0.05) is 22.1 Å². The smallest absolute Gasteiger partial charge is 0.420 e. The normalized spacial score (nSPS) is 14.0. The first kappa shape index (κ1) is 18.7. The van der Waals surface area contributed by atoms with E-state index in [0.717, 1.165) is 37.3 Å². The lowest BCUT2D eigenvalue weighted by Crippen LogP contribution is -2.24. The maximum absolute atomic E-state index is 13.8. The van der Waals surface area contributed by atoms with E-state index in [0.29, 0.717) is 11.0 Å². The second-order valence-corrected chi connectivity index (χ2v) is 6.71. The topological polar surface area (TPSA) is 64.3 Å². The van der Waals surface area contributed by atoms with Crippen molar-refractivity contribution < 1.29 is 22.7 Å². The molecule has 1 amide bonds. The molecule has 0 fully saturated rings. The third kappa shape index (κ3) is 3.19. The summed E-state index contributed by atoms with van der Waals surface area (Å²) in [7, 11) is 1.16. The molecule has 0 saturated carbocycles. The summed E-state index contributed by atoms with van der Waals surface area (Å²) in [4.78, 5) is 11.9. The number of carbonyl (C=O) groups excluding carboxylic acids is 1. The van der Waals surface area contributed by atoms with Crippen LogP contribution in [0.3, 0.4) is 0 Å². The number of alkyl halides is 3. The average molecular weight is 429 g/mol. The molecule has 0 radical (unpaired) electrons. The van der Waals surface area contributed by atoms with Crippen molar-refractivity contribution in [2.24, 2.45) is 5.73 Å². The van der Waals surface area contributed by atoms with E-state index in [1.807, 2.05) is 0 Å². The van der Waals surface area contributed by atoms with Crippen molar-refractivity contribution in [2.45, 2.75) is 19.1 Å². The third-order valence-corrected chi connectivity index (χ3v) is 5.32. The van der Waals surface area contributed by atoms with Gasteiger partial charge in [0.25, 0.3) is 0 Å². The van der Waals surface area contributed by atoms with Gasteiger partial charge in [0.15, 0.2) is 0 Å². The summed E-state index contributed by atoms with van der Waals surface area (Å²) in [6.07, 6.45) is -3.94. The number of hydrogen-bond donors (Lipinski definition) is 2. The summed E-state index contributed by atoms with van der Waals surface area (Å²) in [6.45, 7) is 1.33. The Hall–Kier alpha value is -2.06. The molecule has 1 aliphatic heterocycles. The van der Waals surface area contributed by atoms with E-state index in [1.54, 1.807) is 12.1 Å². The van der Waals surface area contributed by atoms with Crippen LogP contribution in [-0.4, -0.2) is 19.6 Å². The van der Waals surface area contributed by atoms with Crippen LogP contribution in [-0.2, 0) is 19.1 Å². The van der Waals surface area contributed by atoms with Crippen molar-refractivity contribution in [3.8, 4) is 16.9 Å². The molecule has 0 saturated heterocycles. The molecular weight excluding hydrogens is 413 g/mol. The first-order valence-electron chi connectivity index (χ1n) is 7.85. The maximum atomic E-state index is 13.8. The van der Waals surface area contributed by atoms with Crippen LogP contribution in [0.1, 0.15) is 27.0 Å². The van der Waals surface area contributed by atoms with E-state index in [4.69, 9.17) is 10.5 Å². The van der Waals surface area contributed by atoms with Crippen molar-refractivity contribution in [3.63, 3.8) is 0 Å². The van der Waals surface area contributed by atoms with Crippen LogP contribution < -0.4 is 15.8 Å². The highest BCUT2D eigenvalue weighted by molar-refractivity contribution is 9.10. The monoisotopic (exact) mass is 428 g/mol. The van der Waals surface area contributed by atoms with Crippen LogP contribution >= 0.6 is 15.9 Å². The SMILES string of the molecule is COc1ccc(C(N)=O)c(-c2ccc3c(c2Br)CNCC3)c1C(F)(F)F. The number of primary amides is 1. The minimum Gasteiger partial charge on any atom is -0.496 e. The van der Waals surface area contributed by atoms with Gasteiger partial charge in [-0.2, -0.15) is 13.2 Å². The van der Waals surface area contributed by atoms with Gasteiger partial charge in [-0.15, -0.1) is 0 Å². The van der Waals surface area contributed by atoms with Crippen molar-refractivity contribution >= 4 is 21.8 Å². The number of nitrogens with two attached hydrogens (primary N) is 1. The summed E-state index contributed by atoms with van der Waals surface area (Å²) in [5, 5.41) is 3.20. The third-order valence-electron chi connectivity index (χ3n) is 4.42. The molecule has 8 heteroatoms. The molecule has 2 aromatic carbocycles. The Bertz CT molecular complexity index is 882. The van der Waals surface area contributed by atoms with Crippen LogP contribution in [0.25, 0.3) is 11.1 Å². The zero-order valence-electron chi connectivity index (χ0n) is 13.8. The highest BCUT2D eigenvalue weighted by Crippen LogP contribution is 2.47. The Morgan fingerprint density at radius 3 is 2.62 bits per heavy atom. The number of hydrogen-bond acceptors (Lipinski definition) is 3. The highest BCUT2D eigenvalue weighted by Gasteiger charge is 2.40. The molecule has 1 aliphatic rings. The average Bonchev–Trinajstić information content (AvgIpc) is 2.60. The van der Waals surface area contributed by atoms with Crippen molar-refractivity contribution in [1.82, 2.24) is 5.32 Å². The molecule has 4 nitrogen and oxygen atoms in total. The zero-order valence-corrected chi connectivity index (χ0v) is 15.4. The van der Waals surface area contributed by atoms with Gasteiger partial charge >= 0.3 is 6.18 Å². The van der Waals surface area contributed by atoms with E-state index in [2.05, 4.69) is 21.2 Å². The Balaban J connectivity index is 2.39. The molecule has 0 aliphatic carbocycles.